The van der Waals surface area contributed by atoms with Crippen molar-refractivity contribution < 1.29 is 14.7 Å². The molecule has 1 aromatic rings. The fourth-order valence-electron chi connectivity index (χ4n) is 1.35. The van der Waals surface area contributed by atoms with Crippen molar-refractivity contribution in [1.82, 2.24) is 4.90 Å². The summed E-state index contributed by atoms with van der Waals surface area (Å²) < 4.78 is 0. The average Bonchev–Trinajstić information content (AvgIpc) is 2.43. The minimum absolute atomic E-state index is 0.405. The maximum atomic E-state index is 11.7. The van der Waals surface area contributed by atoms with Gasteiger partial charge in [-0.1, -0.05) is 12.1 Å². The topological polar surface area (TPSA) is 81.4 Å². The van der Waals surface area contributed by atoms with Crippen LogP contribution in [0.4, 0.5) is 0 Å². The summed E-state index contributed by atoms with van der Waals surface area (Å²) in [6.45, 7) is 1.43. The molecule has 5 heteroatoms. The summed E-state index contributed by atoms with van der Waals surface area (Å²) in [7, 11) is 1.43. The molecule has 0 heterocycles. The van der Waals surface area contributed by atoms with Gasteiger partial charge in [-0.2, -0.15) is 5.26 Å². The first kappa shape index (κ1) is 14.5. The van der Waals surface area contributed by atoms with E-state index in [2.05, 4.69) is 0 Å². The summed E-state index contributed by atoms with van der Waals surface area (Å²) in [5, 5.41) is 17.5. The third-order valence-electron chi connectivity index (χ3n) is 2.72. The molecule has 0 radical (unpaired) electrons. The number of carbonyl (C=O) groups is 2. The highest BCUT2D eigenvalue weighted by molar-refractivity contribution is 5.94. The third-order valence-corrected chi connectivity index (χ3v) is 2.72. The van der Waals surface area contributed by atoms with Crippen LogP contribution in [0, 0.1) is 11.3 Å². The maximum Gasteiger partial charge on any atom is 0.326 e. The zero-order valence-electron chi connectivity index (χ0n) is 10.7. The molecule has 1 N–H and O–H groups in total. The minimum atomic E-state index is -1.06. The van der Waals surface area contributed by atoms with E-state index in [1.807, 2.05) is 6.07 Å². The van der Waals surface area contributed by atoms with Crippen LogP contribution in [-0.4, -0.2) is 35.0 Å². The van der Waals surface area contributed by atoms with Crippen LogP contribution in [0.3, 0.4) is 0 Å². The monoisotopic (exact) mass is 258 g/mol. The Morgan fingerprint density at radius 3 is 2.74 bits per heavy atom. The largest absolute Gasteiger partial charge is 0.480 e. The molecule has 0 fully saturated rings. The number of carboxylic acid groups (broad SMARTS) is 1. The zero-order chi connectivity index (χ0) is 14.4. The number of carboxylic acids is 1. The summed E-state index contributed by atoms with van der Waals surface area (Å²) in [6.07, 6.45) is 2.84. The van der Waals surface area contributed by atoms with Gasteiger partial charge in [-0.3, -0.25) is 4.79 Å². The van der Waals surface area contributed by atoms with Gasteiger partial charge in [-0.15, -0.1) is 0 Å². The molecular weight excluding hydrogens is 244 g/mol. The third kappa shape index (κ3) is 3.96. The number of hydrogen-bond donors (Lipinski definition) is 1. The number of amides is 1. The van der Waals surface area contributed by atoms with Crippen LogP contribution < -0.4 is 0 Å². The SMILES string of the molecule is CC(C(=O)O)N(C)C(=O)C=Cc1cccc(C#N)c1. The summed E-state index contributed by atoms with van der Waals surface area (Å²) in [4.78, 5) is 23.6. The van der Waals surface area contributed by atoms with Crippen molar-refractivity contribution in [3.63, 3.8) is 0 Å². The molecule has 0 aliphatic heterocycles. The van der Waals surface area contributed by atoms with E-state index in [-0.39, 0.29) is 0 Å². The fraction of sp³-hybridized carbons (Fsp3) is 0.214. The van der Waals surface area contributed by atoms with E-state index >= 15 is 0 Å². The van der Waals surface area contributed by atoms with E-state index in [4.69, 9.17) is 10.4 Å². The smallest absolute Gasteiger partial charge is 0.326 e. The van der Waals surface area contributed by atoms with Crippen LogP contribution in [0.15, 0.2) is 30.3 Å². The van der Waals surface area contributed by atoms with Crippen molar-refractivity contribution in [2.24, 2.45) is 0 Å². The predicted octanol–water partition coefficient (Wildman–Crippen LogP) is 1.50. The van der Waals surface area contributed by atoms with Crippen molar-refractivity contribution >= 4 is 18.0 Å². The lowest BCUT2D eigenvalue weighted by Crippen LogP contribution is -2.39. The molecule has 0 spiro atoms. The second-order valence-corrected chi connectivity index (χ2v) is 4.03. The molecule has 5 nitrogen and oxygen atoms in total. The number of carbonyl (C=O) groups excluding carboxylic acids is 1. The molecule has 0 aliphatic rings. The van der Waals surface area contributed by atoms with Crippen molar-refractivity contribution in [2.75, 3.05) is 7.05 Å². The maximum absolute atomic E-state index is 11.7. The Bertz CT molecular complexity index is 558. The lowest BCUT2D eigenvalue weighted by molar-refractivity contribution is -0.146. The summed E-state index contributed by atoms with van der Waals surface area (Å²) in [6, 6.07) is 7.89. The van der Waals surface area contributed by atoms with Crippen LogP contribution in [0.1, 0.15) is 18.1 Å². The molecule has 19 heavy (non-hydrogen) atoms. The molecule has 0 aliphatic carbocycles. The fourth-order valence-corrected chi connectivity index (χ4v) is 1.35. The van der Waals surface area contributed by atoms with Gasteiger partial charge in [0.2, 0.25) is 5.91 Å². The Morgan fingerprint density at radius 1 is 1.47 bits per heavy atom. The van der Waals surface area contributed by atoms with Crippen molar-refractivity contribution in [2.45, 2.75) is 13.0 Å². The van der Waals surface area contributed by atoms with Crippen molar-refractivity contribution in [3.8, 4) is 6.07 Å². The Kier molecular flexibility index (Phi) is 4.84. The van der Waals surface area contributed by atoms with E-state index in [1.54, 1.807) is 30.3 Å². The number of benzene rings is 1. The molecule has 1 amide bonds. The zero-order valence-corrected chi connectivity index (χ0v) is 10.7. The molecule has 1 unspecified atom stereocenters. The number of likely N-dealkylation sites (N-methyl/N-ethyl adjacent to an activating group) is 1. The van der Waals surface area contributed by atoms with E-state index in [9.17, 15) is 9.59 Å². The van der Waals surface area contributed by atoms with Gasteiger partial charge >= 0.3 is 5.97 Å². The van der Waals surface area contributed by atoms with Gasteiger partial charge in [0.1, 0.15) is 6.04 Å². The molecule has 1 atom stereocenters. The Morgan fingerprint density at radius 2 is 2.16 bits per heavy atom. The summed E-state index contributed by atoms with van der Waals surface area (Å²) in [5.41, 5.74) is 1.21. The first-order valence-electron chi connectivity index (χ1n) is 5.63. The number of nitriles is 1. The molecule has 0 saturated heterocycles. The lowest BCUT2D eigenvalue weighted by atomic mass is 10.1. The highest BCUT2D eigenvalue weighted by Gasteiger charge is 2.19. The van der Waals surface area contributed by atoms with Gasteiger partial charge in [0.25, 0.3) is 0 Å². The second kappa shape index (κ2) is 6.36. The highest BCUT2D eigenvalue weighted by atomic mass is 16.4. The number of hydrogen-bond acceptors (Lipinski definition) is 3. The Hall–Kier alpha value is -2.61. The van der Waals surface area contributed by atoms with Crippen LogP contribution in [0.25, 0.3) is 6.08 Å². The average molecular weight is 258 g/mol. The van der Waals surface area contributed by atoms with Crippen LogP contribution in [0.5, 0.6) is 0 Å². The number of nitrogens with zero attached hydrogens (tertiary/aromatic N) is 2. The quantitative estimate of drug-likeness (QED) is 0.830. The summed E-state index contributed by atoms with van der Waals surface area (Å²) in [5.74, 6) is -1.46. The van der Waals surface area contributed by atoms with Crippen LogP contribution >= 0.6 is 0 Å². The van der Waals surface area contributed by atoms with E-state index in [1.165, 1.54) is 20.0 Å². The standard InChI is InChI=1S/C14H14N2O3/c1-10(14(18)19)16(2)13(17)7-6-11-4-3-5-12(8-11)9-15/h3-8,10H,1-2H3,(H,18,19). The second-order valence-electron chi connectivity index (χ2n) is 4.03. The first-order chi connectivity index (χ1) is 8.95. The van der Waals surface area contributed by atoms with Crippen molar-refractivity contribution in [3.05, 3.63) is 41.5 Å². The van der Waals surface area contributed by atoms with Gasteiger partial charge in [0.15, 0.2) is 0 Å². The van der Waals surface area contributed by atoms with Crippen LogP contribution in [0.2, 0.25) is 0 Å². The first-order valence-corrected chi connectivity index (χ1v) is 5.63. The molecular formula is C14H14N2O3. The molecule has 98 valence electrons. The number of rotatable bonds is 4. The molecule has 0 saturated carbocycles. The van der Waals surface area contributed by atoms with Gasteiger partial charge in [0, 0.05) is 13.1 Å². The van der Waals surface area contributed by atoms with Gasteiger partial charge < -0.3 is 10.0 Å². The van der Waals surface area contributed by atoms with Gasteiger partial charge in [0.05, 0.1) is 11.6 Å². The van der Waals surface area contributed by atoms with E-state index in [0.717, 1.165) is 4.90 Å². The Labute approximate surface area is 111 Å². The minimum Gasteiger partial charge on any atom is -0.480 e. The number of aliphatic carboxylic acids is 1. The lowest BCUT2D eigenvalue weighted by Gasteiger charge is -2.19. The van der Waals surface area contributed by atoms with E-state index in [0.29, 0.717) is 11.1 Å². The normalized spacial score (nSPS) is 11.8. The van der Waals surface area contributed by atoms with Crippen molar-refractivity contribution in [1.29, 1.82) is 5.26 Å². The summed E-state index contributed by atoms with van der Waals surface area (Å²) >= 11 is 0. The van der Waals surface area contributed by atoms with E-state index < -0.39 is 17.9 Å². The molecule has 1 aromatic carbocycles. The van der Waals surface area contributed by atoms with Crippen LogP contribution in [-0.2, 0) is 9.59 Å². The highest BCUT2D eigenvalue weighted by Crippen LogP contribution is 2.07. The molecule has 0 bridgehead atoms. The predicted molar refractivity (Wildman–Crippen MR) is 70.1 cm³/mol. The van der Waals surface area contributed by atoms with Gasteiger partial charge in [-0.05, 0) is 30.7 Å². The Balaban J connectivity index is 2.78. The molecule has 1 rings (SSSR count). The molecule has 0 aromatic heterocycles. The van der Waals surface area contributed by atoms with Gasteiger partial charge in [-0.25, -0.2) is 4.79 Å².